The third-order valence-corrected chi connectivity index (χ3v) is 3.92. The highest BCUT2D eigenvalue weighted by Crippen LogP contribution is 2.28. The van der Waals surface area contributed by atoms with E-state index >= 15 is 0 Å². The van der Waals surface area contributed by atoms with Gasteiger partial charge in [-0.05, 0) is 38.2 Å². The third kappa shape index (κ3) is 4.18. The van der Waals surface area contributed by atoms with Gasteiger partial charge in [-0.15, -0.1) is 0 Å². The van der Waals surface area contributed by atoms with Crippen LogP contribution in [0.1, 0.15) is 57.4 Å². The van der Waals surface area contributed by atoms with E-state index in [2.05, 4.69) is 68.3 Å². The molecule has 21 heavy (non-hydrogen) atoms. The summed E-state index contributed by atoms with van der Waals surface area (Å²) in [5.74, 6) is 1.62. The normalized spacial score (nSPS) is 14.9. The quantitative estimate of drug-likeness (QED) is 0.856. The Labute approximate surface area is 127 Å². The van der Waals surface area contributed by atoms with Crippen molar-refractivity contribution in [1.82, 2.24) is 10.3 Å². The molecule has 0 radical (unpaired) electrons. The smallest absolute Gasteiger partial charge is 0.211 e. The lowest BCUT2D eigenvalue weighted by Gasteiger charge is -2.30. The summed E-state index contributed by atoms with van der Waals surface area (Å²) in [7, 11) is 0. The molecule has 1 N–H and O–H groups in total. The molecule has 0 amide bonds. The number of nitrogens with zero attached hydrogens (tertiary/aromatic N) is 1. The Morgan fingerprint density at radius 1 is 1.19 bits per heavy atom. The first-order valence-electron chi connectivity index (χ1n) is 7.62. The minimum atomic E-state index is 0.125. The molecular weight excluding hydrogens is 260 g/mol. The molecule has 1 aromatic heterocycles. The van der Waals surface area contributed by atoms with Crippen LogP contribution in [-0.4, -0.2) is 11.0 Å². The second-order valence-corrected chi connectivity index (χ2v) is 6.55. The molecule has 0 spiro atoms. The molecule has 0 aliphatic rings. The van der Waals surface area contributed by atoms with Crippen LogP contribution in [0.2, 0.25) is 0 Å². The molecule has 1 aromatic carbocycles. The lowest BCUT2D eigenvalue weighted by molar-refractivity contribution is 0.332. The maximum Gasteiger partial charge on any atom is 0.211 e. The van der Waals surface area contributed by atoms with Crippen molar-refractivity contribution in [3.63, 3.8) is 0 Å². The second-order valence-electron chi connectivity index (χ2n) is 6.55. The van der Waals surface area contributed by atoms with Gasteiger partial charge in [0.15, 0.2) is 0 Å². The average Bonchev–Trinajstić information content (AvgIpc) is 2.86. The van der Waals surface area contributed by atoms with Crippen molar-refractivity contribution in [3.05, 3.63) is 53.7 Å². The molecule has 0 saturated carbocycles. The molecule has 0 bridgehead atoms. The fourth-order valence-corrected chi connectivity index (χ4v) is 2.90. The Hall–Kier alpha value is -1.61. The number of hydrogen-bond donors (Lipinski definition) is 1. The summed E-state index contributed by atoms with van der Waals surface area (Å²) in [5.41, 5.74) is 1.51. The van der Waals surface area contributed by atoms with Crippen LogP contribution in [0.25, 0.3) is 0 Å². The predicted octanol–water partition coefficient (Wildman–Crippen LogP) is 4.39. The van der Waals surface area contributed by atoms with Gasteiger partial charge in [0.25, 0.3) is 0 Å². The van der Waals surface area contributed by atoms with E-state index in [-0.39, 0.29) is 11.5 Å². The lowest BCUT2D eigenvalue weighted by atomic mass is 9.79. The van der Waals surface area contributed by atoms with E-state index < -0.39 is 0 Å². The molecule has 0 saturated heterocycles. The van der Waals surface area contributed by atoms with E-state index in [9.17, 15) is 0 Å². The Balaban J connectivity index is 1.96. The molecule has 2 aromatic rings. The van der Waals surface area contributed by atoms with E-state index in [1.54, 1.807) is 6.20 Å². The van der Waals surface area contributed by atoms with Crippen molar-refractivity contribution < 1.29 is 4.42 Å². The summed E-state index contributed by atoms with van der Waals surface area (Å²) in [6.07, 6.45) is 2.83. The maximum atomic E-state index is 5.59. The van der Waals surface area contributed by atoms with Gasteiger partial charge in [-0.2, -0.15) is 0 Å². The summed E-state index contributed by atoms with van der Waals surface area (Å²) in [6.45, 7) is 10.8. The van der Waals surface area contributed by atoms with Gasteiger partial charge in [-0.3, -0.25) is 0 Å². The van der Waals surface area contributed by atoms with Crippen molar-refractivity contribution in [1.29, 1.82) is 0 Å². The van der Waals surface area contributed by atoms with Gasteiger partial charge in [-0.1, -0.05) is 44.2 Å². The summed E-state index contributed by atoms with van der Waals surface area (Å²) < 4.78 is 5.59. The van der Waals surface area contributed by atoms with Gasteiger partial charge in [0, 0.05) is 6.04 Å². The Morgan fingerprint density at radius 2 is 1.86 bits per heavy atom. The van der Waals surface area contributed by atoms with Crippen LogP contribution >= 0.6 is 0 Å². The van der Waals surface area contributed by atoms with Crippen LogP contribution in [0, 0.1) is 6.92 Å². The average molecular weight is 286 g/mol. The van der Waals surface area contributed by atoms with Crippen LogP contribution in [-0.2, 0) is 5.41 Å². The van der Waals surface area contributed by atoms with E-state index in [4.69, 9.17) is 4.42 Å². The zero-order valence-corrected chi connectivity index (χ0v) is 13.7. The Morgan fingerprint density at radius 3 is 2.43 bits per heavy atom. The number of aromatic nitrogens is 1. The summed E-state index contributed by atoms with van der Waals surface area (Å²) in [6, 6.07) is 11.2. The monoisotopic (exact) mass is 286 g/mol. The van der Waals surface area contributed by atoms with Crippen molar-refractivity contribution in [3.8, 4) is 0 Å². The largest absolute Gasteiger partial charge is 0.444 e. The van der Waals surface area contributed by atoms with Gasteiger partial charge < -0.3 is 9.73 Å². The van der Waals surface area contributed by atoms with Gasteiger partial charge in [0.2, 0.25) is 5.89 Å². The number of nitrogens with one attached hydrogen (secondary N) is 1. The van der Waals surface area contributed by atoms with E-state index in [1.165, 1.54) is 5.56 Å². The fourth-order valence-electron chi connectivity index (χ4n) is 2.90. The van der Waals surface area contributed by atoms with Crippen LogP contribution in [0.3, 0.4) is 0 Å². The molecule has 3 nitrogen and oxygen atoms in total. The van der Waals surface area contributed by atoms with Gasteiger partial charge in [0.05, 0.1) is 12.2 Å². The molecule has 2 rings (SSSR count). The Bertz CT molecular complexity index is 560. The van der Waals surface area contributed by atoms with E-state index in [0.29, 0.717) is 6.04 Å². The topological polar surface area (TPSA) is 38.1 Å². The van der Waals surface area contributed by atoms with Crippen LogP contribution in [0.15, 0.2) is 40.9 Å². The third-order valence-electron chi connectivity index (χ3n) is 3.92. The zero-order chi connectivity index (χ0) is 15.5. The van der Waals surface area contributed by atoms with Gasteiger partial charge >= 0.3 is 0 Å². The SMILES string of the molecule is Cc1cnc(C(C)NC(C)CC(C)(C)c2ccccc2)o1. The first-order valence-corrected chi connectivity index (χ1v) is 7.62. The zero-order valence-electron chi connectivity index (χ0n) is 13.7. The fraction of sp³-hybridized carbons (Fsp3) is 0.500. The number of hydrogen-bond acceptors (Lipinski definition) is 3. The van der Waals surface area contributed by atoms with E-state index in [0.717, 1.165) is 18.1 Å². The minimum Gasteiger partial charge on any atom is -0.444 e. The number of benzene rings is 1. The maximum absolute atomic E-state index is 5.59. The standard InChI is InChI=1S/C18H26N2O/c1-13(20-15(3)17-19-12-14(2)21-17)11-18(4,5)16-9-7-6-8-10-16/h6-10,12-13,15,20H,11H2,1-5H3. The summed E-state index contributed by atoms with van der Waals surface area (Å²) in [4.78, 5) is 4.29. The summed E-state index contributed by atoms with van der Waals surface area (Å²) in [5, 5.41) is 3.58. The highest BCUT2D eigenvalue weighted by Gasteiger charge is 2.24. The molecule has 114 valence electrons. The van der Waals surface area contributed by atoms with Crippen molar-refractivity contribution in [2.75, 3.05) is 0 Å². The molecular formula is C18H26N2O. The van der Waals surface area contributed by atoms with Gasteiger partial charge in [0.1, 0.15) is 5.76 Å². The lowest BCUT2D eigenvalue weighted by Crippen LogP contribution is -2.35. The van der Waals surface area contributed by atoms with Crippen LogP contribution < -0.4 is 5.32 Å². The Kier molecular flexibility index (Phi) is 4.84. The van der Waals surface area contributed by atoms with Crippen LogP contribution in [0.5, 0.6) is 0 Å². The first-order chi connectivity index (χ1) is 9.88. The highest BCUT2D eigenvalue weighted by molar-refractivity contribution is 5.23. The van der Waals surface area contributed by atoms with Crippen molar-refractivity contribution in [2.24, 2.45) is 0 Å². The molecule has 2 atom stereocenters. The summed E-state index contributed by atoms with van der Waals surface area (Å²) >= 11 is 0. The van der Waals surface area contributed by atoms with Crippen molar-refractivity contribution >= 4 is 0 Å². The number of oxazole rings is 1. The molecule has 0 fully saturated rings. The minimum absolute atomic E-state index is 0.125. The van der Waals surface area contributed by atoms with Crippen LogP contribution in [0.4, 0.5) is 0 Å². The molecule has 3 heteroatoms. The molecule has 0 aliphatic carbocycles. The van der Waals surface area contributed by atoms with E-state index in [1.807, 2.05) is 6.92 Å². The first kappa shape index (κ1) is 15.8. The molecule has 2 unspecified atom stereocenters. The second kappa shape index (κ2) is 6.44. The number of aryl methyl sites for hydroxylation is 1. The van der Waals surface area contributed by atoms with Gasteiger partial charge in [-0.25, -0.2) is 4.98 Å². The molecule has 0 aliphatic heterocycles. The van der Waals surface area contributed by atoms with Crippen molar-refractivity contribution in [2.45, 2.75) is 58.5 Å². The predicted molar refractivity (Wildman–Crippen MR) is 86.3 cm³/mol. The highest BCUT2D eigenvalue weighted by atomic mass is 16.4. The molecule has 1 heterocycles. The number of rotatable bonds is 6.